The molecule has 0 aliphatic heterocycles. The van der Waals surface area contributed by atoms with Gasteiger partial charge in [-0.2, -0.15) is 0 Å². The van der Waals surface area contributed by atoms with Gasteiger partial charge in [-0.15, -0.1) is 0 Å². The Hall–Kier alpha value is -2.61. The number of carboxylic acids is 1. The number of carbonyl (C=O) groups is 1. The van der Waals surface area contributed by atoms with E-state index in [1.54, 1.807) is 0 Å². The number of carboxylic acid groups (broad SMARTS) is 1. The van der Waals surface area contributed by atoms with E-state index in [4.69, 9.17) is 5.11 Å². The van der Waals surface area contributed by atoms with Gasteiger partial charge in [0.25, 0.3) is 0 Å². The van der Waals surface area contributed by atoms with E-state index in [1.807, 2.05) is 0 Å². The lowest BCUT2D eigenvalue weighted by atomic mass is 9.95. The van der Waals surface area contributed by atoms with Crippen LogP contribution in [0.4, 0.5) is 0 Å². The topological polar surface area (TPSA) is 37.3 Å². The molecule has 0 saturated heterocycles. The van der Waals surface area contributed by atoms with Crippen LogP contribution in [0.15, 0.2) is 60.7 Å². The standard InChI is InChI=1S/C16H10.C6H12O2/c1-3-11-7-9-13-5-2-6-14-10-8-12(4-1)15(11)16(13)14;1-2-3-4-5-6(7)8/h1-10H;2-5H2,1H3,(H,7,8). The van der Waals surface area contributed by atoms with Crippen LogP contribution in [0, 0.1) is 0 Å². The molecule has 2 heteroatoms. The van der Waals surface area contributed by atoms with E-state index >= 15 is 0 Å². The summed E-state index contributed by atoms with van der Waals surface area (Å²) >= 11 is 0. The Morgan fingerprint density at radius 3 is 1.50 bits per heavy atom. The summed E-state index contributed by atoms with van der Waals surface area (Å²) in [4.78, 5) is 9.87. The van der Waals surface area contributed by atoms with Crippen LogP contribution >= 0.6 is 0 Å². The van der Waals surface area contributed by atoms with Gasteiger partial charge < -0.3 is 5.11 Å². The minimum atomic E-state index is -0.682. The number of hydrogen-bond donors (Lipinski definition) is 1. The van der Waals surface area contributed by atoms with Crippen LogP contribution in [0.5, 0.6) is 0 Å². The largest absolute Gasteiger partial charge is 0.481 e. The van der Waals surface area contributed by atoms with Gasteiger partial charge in [0, 0.05) is 6.42 Å². The lowest BCUT2D eigenvalue weighted by Gasteiger charge is -2.09. The molecule has 0 saturated carbocycles. The minimum Gasteiger partial charge on any atom is -0.481 e. The molecule has 0 fully saturated rings. The van der Waals surface area contributed by atoms with Crippen LogP contribution in [0.3, 0.4) is 0 Å². The van der Waals surface area contributed by atoms with Gasteiger partial charge in [-0.05, 0) is 38.7 Å². The zero-order valence-corrected chi connectivity index (χ0v) is 14.0. The van der Waals surface area contributed by atoms with Gasteiger partial charge in [0.15, 0.2) is 0 Å². The first kappa shape index (κ1) is 16.3. The van der Waals surface area contributed by atoms with Crippen LogP contribution in [0.2, 0.25) is 0 Å². The molecule has 24 heavy (non-hydrogen) atoms. The van der Waals surface area contributed by atoms with E-state index in [2.05, 4.69) is 67.6 Å². The van der Waals surface area contributed by atoms with E-state index in [9.17, 15) is 4.79 Å². The number of benzene rings is 4. The number of rotatable bonds is 4. The Labute approximate surface area is 142 Å². The van der Waals surface area contributed by atoms with Crippen molar-refractivity contribution in [3.05, 3.63) is 60.7 Å². The quantitative estimate of drug-likeness (QED) is 0.357. The van der Waals surface area contributed by atoms with Crippen molar-refractivity contribution in [2.75, 3.05) is 0 Å². The molecule has 0 unspecified atom stereocenters. The fourth-order valence-electron chi connectivity index (χ4n) is 3.20. The van der Waals surface area contributed by atoms with E-state index in [0.717, 1.165) is 19.3 Å². The number of unbranched alkanes of at least 4 members (excludes halogenated alkanes) is 2. The Kier molecular flexibility index (Phi) is 4.95. The average molecular weight is 318 g/mol. The number of aliphatic carboxylic acids is 1. The highest BCUT2D eigenvalue weighted by molar-refractivity contribution is 6.22. The maximum atomic E-state index is 9.87. The summed E-state index contributed by atoms with van der Waals surface area (Å²) in [7, 11) is 0. The lowest BCUT2D eigenvalue weighted by molar-refractivity contribution is -0.137. The van der Waals surface area contributed by atoms with E-state index < -0.39 is 5.97 Å². The Bertz CT molecular complexity index is 826. The van der Waals surface area contributed by atoms with Crippen molar-refractivity contribution in [1.82, 2.24) is 0 Å². The molecule has 0 aliphatic rings. The second-order valence-corrected chi connectivity index (χ2v) is 6.14. The van der Waals surface area contributed by atoms with Crippen molar-refractivity contribution in [3.8, 4) is 0 Å². The maximum Gasteiger partial charge on any atom is 0.303 e. The Balaban J connectivity index is 0.000000183. The molecule has 0 bridgehead atoms. The van der Waals surface area contributed by atoms with Gasteiger partial charge in [-0.1, -0.05) is 80.4 Å². The van der Waals surface area contributed by atoms with Gasteiger partial charge in [0.1, 0.15) is 0 Å². The van der Waals surface area contributed by atoms with Crippen molar-refractivity contribution in [1.29, 1.82) is 0 Å². The molecule has 0 heterocycles. The van der Waals surface area contributed by atoms with E-state index in [0.29, 0.717) is 6.42 Å². The molecule has 2 nitrogen and oxygen atoms in total. The fourth-order valence-corrected chi connectivity index (χ4v) is 3.20. The molecule has 1 N–H and O–H groups in total. The Morgan fingerprint density at radius 2 is 1.17 bits per heavy atom. The highest BCUT2D eigenvalue weighted by atomic mass is 16.4. The van der Waals surface area contributed by atoms with Crippen LogP contribution in [0.1, 0.15) is 32.6 Å². The summed E-state index contributed by atoms with van der Waals surface area (Å²) in [6.07, 6.45) is 3.28. The smallest absolute Gasteiger partial charge is 0.303 e. The molecule has 4 aromatic carbocycles. The molecule has 4 aromatic rings. The van der Waals surface area contributed by atoms with Crippen LogP contribution in [0.25, 0.3) is 32.3 Å². The number of hydrogen-bond acceptors (Lipinski definition) is 1. The van der Waals surface area contributed by atoms with Crippen molar-refractivity contribution in [2.45, 2.75) is 32.6 Å². The van der Waals surface area contributed by atoms with Gasteiger partial charge in [-0.3, -0.25) is 4.79 Å². The third-order valence-electron chi connectivity index (χ3n) is 4.39. The molecule has 0 radical (unpaired) electrons. The first-order valence-corrected chi connectivity index (χ1v) is 8.55. The van der Waals surface area contributed by atoms with E-state index in [1.165, 1.54) is 32.3 Å². The van der Waals surface area contributed by atoms with Crippen LogP contribution in [-0.2, 0) is 4.79 Å². The SMILES string of the molecule is CCCCCC(=O)O.c1cc2ccc3cccc4ccc(c1)c2c34. The van der Waals surface area contributed by atoms with Crippen molar-refractivity contribution < 1.29 is 9.90 Å². The molecule has 0 amide bonds. The summed E-state index contributed by atoms with van der Waals surface area (Å²) in [6, 6.07) is 21.9. The van der Waals surface area contributed by atoms with Crippen LogP contribution in [-0.4, -0.2) is 11.1 Å². The highest BCUT2D eigenvalue weighted by Crippen LogP contribution is 2.33. The molecule has 122 valence electrons. The predicted molar refractivity (Wildman–Crippen MR) is 102 cm³/mol. The summed E-state index contributed by atoms with van der Waals surface area (Å²) in [6.45, 7) is 2.06. The van der Waals surface area contributed by atoms with Gasteiger partial charge in [0.2, 0.25) is 0 Å². The van der Waals surface area contributed by atoms with Crippen LogP contribution < -0.4 is 0 Å². The third kappa shape index (κ3) is 3.33. The molecular weight excluding hydrogens is 296 g/mol. The molecule has 0 atom stereocenters. The van der Waals surface area contributed by atoms with Gasteiger partial charge in [0.05, 0.1) is 0 Å². The average Bonchev–Trinajstić information content (AvgIpc) is 2.60. The maximum absolute atomic E-state index is 9.87. The Morgan fingerprint density at radius 1 is 0.750 bits per heavy atom. The normalized spacial score (nSPS) is 10.9. The highest BCUT2D eigenvalue weighted by Gasteiger charge is 2.05. The summed E-state index contributed by atoms with van der Waals surface area (Å²) in [5.41, 5.74) is 0. The van der Waals surface area contributed by atoms with Crippen molar-refractivity contribution >= 4 is 38.3 Å². The zero-order valence-electron chi connectivity index (χ0n) is 14.0. The fraction of sp³-hybridized carbons (Fsp3) is 0.227. The lowest BCUT2D eigenvalue weighted by Crippen LogP contribution is -1.92. The van der Waals surface area contributed by atoms with Crippen molar-refractivity contribution in [3.63, 3.8) is 0 Å². The minimum absolute atomic E-state index is 0.327. The van der Waals surface area contributed by atoms with Crippen molar-refractivity contribution in [2.24, 2.45) is 0 Å². The molecular formula is C22H22O2. The molecule has 4 rings (SSSR count). The third-order valence-corrected chi connectivity index (χ3v) is 4.39. The monoisotopic (exact) mass is 318 g/mol. The first-order valence-electron chi connectivity index (χ1n) is 8.55. The zero-order chi connectivity index (χ0) is 16.9. The van der Waals surface area contributed by atoms with Gasteiger partial charge >= 0.3 is 5.97 Å². The summed E-state index contributed by atoms with van der Waals surface area (Å²) in [5, 5.41) is 16.3. The first-order chi connectivity index (χ1) is 11.7. The second-order valence-electron chi connectivity index (χ2n) is 6.14. The molecule has 0 spiro atoms. The predicted octanol–water partition coefficient (Wildman–Crippen LogP) is 6.24. The summed E-state index contributed by atoms with van der Waals surface area (Å²) < 4.78 is 0. The molecule has 0 aromatic heterocycles. The molecule has 0 aliphatic carbocycles. The van der Waals surface area contributed by atoms with E-state index in [-0.39, 0.29) is 0 Å². The second kappa shape index (κ2) is 7.31. The summed E-state index contributed by atoms with van der Waals surface area (Å²) in [5.74, 6) is -0.682. The van der Waals surface area contributed by atoms with Gasteiger partial charge in [-0.25, -0.2) is 0 Å².